The van der Waals surface area contributed by atoms with Crippen LogP contribution in [0.4, 0.5) is 13.2 Å². The number of para-hydroxylation sites is 1. The van der Waals surface area contributed by atoms with Crippen LogP contribution in [0.5, 0.6) is 5.75 Å². The summed E-state index contributed by atoms with van der Waals surface area (Å²) in [4.78, 5) is 11.3. The highest BCUT2D eigenvalue weighted by atomic mass is 32.2. The van der Waals surface area contributed by atoms with E-state index in [-0.39, 0.29) is 5.56 Å². The maximum atomic E-state index is 12.1. The van der Waals surface area contributed by atoms with Crippen LogP contribution in [0, 0.1) is 0 Å². The van der Waals surface area contributed by atoms with Crippen molar-refractivity contribution < 1.29 is 30.6 Å². The zero-order valence-corrected chi connectivity index (χ0v) is 9.80. The fourth-order valence-electron chi connectivity index (χ4n) is 1.03. The summed E-state index contributed by atoms with van der Waals surface area (Å²) in [5, 5.41) is 2.15. The van der Waals surface area contributed by atoms with Gasteiger partial charge in [-0.3, -0.25) is 4.79 Å². The Morgan fingerprint density at radius 2 is 1.83 bits per heavy atom. The molecule has 0 aliphatic carbocycles. The van der Waals surface area contributed by atoms with Gasteiger partial charge in [-0.05, 0) is 12.1 Å². The molecule has 0 radical (unpaired) electrons. The van der Waals surface area contributed by atoms with Crippen LogP contribution in [0.25, 0.3) is 0 Å². The van der Waals surface area contributed by atoms with Gasteiger partial charge in [-0.25, -0.2) is 0 Å². The van der Waals surface area contributed by atoms with E-state index in [1.165, 1.54) is 19.2 Å². The van der Waals surface area contributed by atoms with Crippen molar-refractivity contribution in [2.75, 3.05) is 7.05 Å². The van der Waals surface area contributed by atoms with Gasteiger partial charge in [0.2, 0.25) is 0 Å². The van der Waals surface area contributed by atoms with E-state index in [4.69, 9.17) is 0 Å². The number of rotatable bonds is 3. The quantitative estimate of drug-likeness (QED) is 0.670. The van der Waals surface area contributed by atoms with Crippen molar-refractivity contribution in [3.05, 3.63) is 29.8 Å². The van der Waals surface area contributed by atoms with Crippen LogP contribution in [-0.2, 0) is 10.1 Å². The first kappa shape index (κ1) is 14.3. The van der Waals surface area contributed by atoms with E-state index in [1.807, 2.05) is 0 Å². The minimum atomic E-state index is -5.80. The molecule has 0 fully saturated rings. The Hall–Kier alpha value is -1.77. The Morgan fingerprint density at radius 1 is 1.28 bits per heavy atom. The number of nitrogens with one attached hydrogen (secondary N) is 1. The Kier molecular flexibility index (Phi) is 3.85. The van der Waals surface area contributed by atoms with Gasteiger partial charge in [0.15, 0.2) is 5.75 Å². The van der Waals surface area contributed by atoms with Crippen molar-refractivity contribution in [1.82, 2.24) is 5.32 Å². The highest BCUT2D eigenvalue weighted by Crippen LogP contribution is 2.28. The Labute approximate surface area is 101 Å². The topological polar surface area (TPSA) is 72.5 Å². The molecule has 0 unspecified atom stereocenters. The van der Waals surface area contributed by atoms with E-state index < -0.39 is 27.3 Å². The second kappa shape index (κ2) is 4.84. The van der Waals surface area contributed by atoms with Crippen LogP contribution in [0.3, 0.4) is 0 Å². The second-order valence-electron chi connectivity index (χ2n) is 3.06. The molecule has 1 rings (SSSR count). The lowest BCUT2D eigenvalue weighted by atomic mass is 10.2. The lowest BCUT2D eigenvalue weighted by Gasteiger charge is -2.11. The molecular weight excluding hydrogens is 275 g/mol. The molecule has 0 saturated carbocycles. The molecular formula is C9H8F3NO4S. The lowest BCUT2D eigenvalue weighted by molar-refractivity contribution is -0.0500. The average molecular weight is 283 g/mol. The van der Waals surface area contributed by atoms with Crippen LogP contribution in [0.2, 0.25) is 0 Å². The number of alkyl halides is 3. The predicted octanol–water partition coefficient (Wildman–Crippen LogP) is 1.27. The summed E-state index contributed by atoms with van der Waals surface area (Å²) in [6.45, 7) is 0. The van der Waals surface area contributed by atoms with Crippen molar-refractivity contribution in [3.8, 4) is 5.75 Å². The summed E-state index contributed by atoms with van der Waals surface area (Å²) in [5.41, 5.74) is -5.86. The molecule has 9 heteroatoms. The van der Waals surface area contributed by atoms with Gasteiger partial charge in [-0.2, -0.15) is 21.6 Å². The lowest BCUT2D eigenvalue weighted by Crippen LogP contribution is -2.29. The Bertz CT molecular complexity index is 553. The van der Waals surface area contributed by atoms with E-state index >= 15 is 0 Å². The summed E-state index contributed by atoms with van der Waals surface area (Å²) in [6.07, 6.45) is 0. The fraction of sp³-hybridized carbons (Fsp3) is 0.222. The van der Waals surface area contributed by atoms with Crippen molar-refractivity contribution in [2.45, 2.75) is 5.51 Å². The normalized spacial score (nSPS) is 12.0. The first-order valence-electron chi connectivity index (χ1n) is 4.51. The highest BCUT2D eigenvalue weighted by Gasteiger charge is 2.48. The molecule has 0 atom stereocenters. The summed E-state index contributed by atoms with van der Waals surface area (Å²) in [7, 11) is -4.55. The SMILES string of the molecule is CNC(=O)c1ccccc1OS(=O)(=O)C(F)(F)F. The first-order valence-corrected chi connectivity index (χ1v) is 5.91. The van der Waals surface area contributed by atoms with E-state index in [2.05, 4.69) is 9.50 Å². The standard InChI is InChI=1S/C9H8F3NO4S/c1-13-8(14)6-4-2-3-5-7(6)17-18(15,16)9(10,11)12/h2-5H,1H3,(H,13,14). The van der Waals surface area contributed by atoms with Crippen LogP contribution < -0.4 is 9.50 Å². The minimum Gasteiger partial charge on any atom is -0.375 e. The van der Waals surface area contributed by atoms with Crippen LogP contribution in [0.1, 0.15) is 10.4 Å². The number of hydrogen-bond donors (Lipinski definition) is 1. The van der Waals surface area contributed by atoms with Crippen LogP contribution in [0.15, 0.2) is 24.3 Å². The maximum absolute atomic E-state index is 12.1. The van der Waals surface area contributed by atoms with E-state index in [9.17, 15) is 26.4 Å². The fourth-order valence-corrected chi connectivity index (χ4v) is 1.50. The Morgan fingerprint density at radius 3 is 2.33 bits per heavy atom. The van der Waals surface area contributed by atoms with Gasteiger partial charge >= 0.3 is 15.6 Å². The third-order valence-corrected chi connectivity index (χ3v) is 2.81. The van der Waals surface area contributed by atoms with Gasteiger partial charge in [0.1, 0.15) is 0 Å². The molecule has 5 nitrogen and oxygen atoms in total. The summed E-state index contributed by atoms with van der Waals surface area (Å²) in [6, 6.07) is 4.69. The molecule has 0 aliphatic rings. The molecule has 1 aromatic rings. The van der Waals surface area contributed by atoms with Crippen molar-refractivity contribution in [1.29, 1.82) is 0 Å². The molecule has 0 saturated heterocycles. The summed E-state index contributed by atoms with van der Waals surface area (Å²) >= 11 is 0. The second-order valence-corrected chi connectivity index (χ2v) is 4.60. The van der Waals surface area contributed by atoms with Gasteiger partial charge in [-0.15, -0.1) is 0 Å². The third-order valence-electron chi connectivity index (χ3n) is 1.84. The first-order chi connectivity index (χ1) is 8.19. The summed E-state index contributed by atoms with van der Waals surface area (Å²) in [5.74, 6) is -1.45. The molecule has 0 heterocycles. The molecule has 1 aromatic carbocycles. The Balaban J connectivity index is 3.18. The smallest absolute Gasteiger partial charge is 0.375 e. The predicted molar refractivity (Wildman–Crippen MR) is 55.4 cm³/mol. The van der Waals surface area contributed by atoms with Gasteiger partial charge < -0.3 is 9.50 Å². The third kappa shape index (κ3) is 2.92. The largest absolute Gasteiger partial charge is 0.534 e. The molecule has 1 amide bonds. The van der Waals surface area contributed by atoms with Crippen molar-refractivity contribution >= 4 is 16.0 Å². The van der Waals surface area contributed by atoms with Gasteiger partial charge in [0, 0.05) is 7.05 Å². The van der Waals surface area contributed by atoms with E-state index in [1.54, 1.807) is 0 Å². The molecule has 100 valence electrons. The van der Waals surface area contributed by atoms with Gasteiger partial charge in [0.05, 0.1) is 5.56 Å². The van der Waals surface area contributed by atoms with Gasteiger partial charge in [-0.1, -0.05) is 12.1 Å². The highest BCUT2D eigenvalue weighted by molar-refractivity contribution is 7.88. The number of halogens is 3. The molecule has 0 bridgehead atoms. The van der Waals surface area contributed by atoms with E-state index in [0.717, 1.165) is 12.1 Å². The number of benzene rings is 1. The van der Waals surface area contributed by atoms with Gasteiger partial charge in [0.25, 0.3) is 5.91 Å². The van der Waals surface area contributed by atoms with Crippen LogP contribution >= 0.6 is 0 Å². The summed E-state index contributed by atoms with van der Waals surface area (Å²) < 4.78 is 61.9. The van der Waals surface area contributed by atoms with E-state index in [0.29, 0.717) is 0 Å². The average Bonchev–Trinajstić information content (AvgIpc) is 2.26. The molecule has 18 heavy (non-hydrogen) atoms. The zero-order valence-electron chi connectivity index (χ0n) is 8.98. The van der Waals surface area contributed by atoms with Crippen molar-refractivity contribution in [2.24, 2.45) is 0 Å². The van der Waals surface area contributed by atoms with Crippen molar-refractivity contribution in [3.63, 3.8) is 0 Å². The number of amides is 1. The number of carbonyl (C=O) groups excluding carboxylic acids is 1. The van der Waals surface area contributed by atoms with Crippen LogP contribution in [-0.4, -0.2) is 26.9 Å². The maximum Gasteiger partial charge on any atom is 0.534 e. The monoisotopic (exact) mass is 283 g/mol. The molecule has 1 N–H and O–H groups in total. The number of hydrogen-bond acceptors (Lipinski definition) is 4. The molecule has 0 spiro atoms. The minimum absolute atomic E-state index is 0.312. The zero-order chi connectivity index (χ0) is 14.0. The molecule has 0 aromatic heterocycles. The molecule has 0 aliphatic heterocycles. The number of carbonyl (C=O) groups is 1.